The van der Waals surface area contributed by atoms with Crippen molar-refractivity contribution in [1.29, 1.82) is 0 Å². The molecule has 24 heavy (non-hydrogen) atoms. The summed E-state index contributed by atoms with van der Waals surface area (Å²) in [7, 11) is 0. The van der Waals surface area contributed by atoms with Crippen molar-refractivity contribution in [2.75, 3.05) is 6.54 Å². The van der Waals surface area contributed by atoms with Crippen LogP contribution in [0.3, 0.4) is 0 Å². The van der Waals surface area contributed by atoms with E-state index in [0.29, 0.717) is 23.9 Å². The van der Waals surface area contributed by atoms with Gasteiger partial charge in [-0.05, 0) is 32.4 Å². The molecule has 124 valence electrons. The molecule has 0 unspecified atom stereocenters. The van der Waals surface area contributed by atoms with Crippen LogP contribution in [0.15, 0.2) is 29.1 Å². The van der Waals surface area contributed by atoms with Gasteiger partial charge in [-0.1, -0.05) is 18.2 Å². The first kappa shape index (κ1) is 15.9. The highest BCUT2D eigenvalue weighted by Crippen LogP contribution is 2.12. The normalized spacial score (nSPS) is 11.0. The average molecular weight is 325 g/mol. The van der Waals surface area contributed by atoms with Crippen molar-refractivity contribution in [2.45, 2.75) is 27.3 Å². The Morgan fingerprint density at radius 1 is 1.21 bits per heavy atom. The maximum atomic E-state index is 12.4. The van der Waals surface area contributed by atoms with E-state index in [1.54, 1.807) is 24.3 Å². The summed E-state index contributed by atoms with van der Waals surface area (Å²) in [6.07, 6.45) is 0. The molecule has 0 aliphatic heterocycles. The molecule has 2 aromatic heterocycles. The fourth-order valence-corrected chi connectivity index (χ4v) is 2.65. The number of H-pyrrole nitrogens is 1. The molecule has 3 rings (SSSR count). The van der Waals surface area contributed by atoms with E-state index < -0.39 is 0 Å². The van der Waals surface area contributed by atoms with E-state index >= 15 is 0 Å². The number of hydrogen-bond donors (Lipinski definition) is 2. The van der Waals surface area contributed by atoms with Crippen LogP contribution < -0.4 is 10.9 Å². The minimum absolute atomic E-state index is 0.217. The Labute approximate surface area is 138 Å². The number of carbonyl (C=O) groups excluding carboxylic acids is 1. The molecule has 7 nitrogen and oxygen atoms in total. The van der Waals surface area contributed by atoms with Crippen molar-refractivity contribution >= 4 is 16.7 Å². The summed E-state index contributed by atoms with van der Waals surface area (Å²) in [4.78, 5) is 24.2. The number of aryl methyl sites for hydroxylation is 1. The zero-order valence-corrected chi connectivity index (χ0v) is 13.9. The molecular weight excluding hydrogens is 306 g/mol. The Morgan fingerprint density at radius 2 is 1.92 bits per heavy atom. The highest BCUT2D eigenvalue weighted by atomic mass is 16.2. The number of carbonyl (C=O) groups is 1. The number of aromatic amines is 1. The molecule has 0 saturated heterocycles. The minimum atomic E-state index is -0.319. The molecule has 0 bridgehead atoms. The van der Waals surface area contributed by atoms with Crippen LogP contribution in [-0.4, -0.2) is 32.4 Å². The molecule has 0 saturated carbocycles. The van der Waals surface area contributed by atoms with Gasteiger partial charge < -0.3 is 5.32 Å². The Balaban J connectivity index is 1.75. The molecule has 7 heteroatoms. The molecule has 0 fully saturated rings. The lowest BCUT2D eigenvalue weighted by atomic mass is 10.1. The number of benzene rings is 1. The molecule has 0 radical (unpaired) electrons. The van der Waals surface area contributed by atoms with E-state index in [4.69, 9.17) is 0 Å². The highest BCUT2D eigenvalue weighted by molar-refractivity contribution is 6.04. The number of hydrogen-bond acceptors (Lipinski definition) is 4. The molecule has 2 heterocycles. The summed E-state index contributed by atoms with van der Waals surface area (Å²) in [5.74, 6) is -0.319. The Hall–Kier alpha value is -2.96. The average Bonchev–Trinajstić information content (AvgIpc) is 2.82. The van der Waals surface area contributed by atoms with E-state index in [1.807, 2.05) is 25.5 Å². The Kier molecular flexibility index (Phi) is 4.16. The van der Waals surface area contributed by atoms with Crippen LogP contribution in [0, 0.1) is 20.8 Å². The first-order valence-corrected chi connectivity index (χ1v) is 7.75. The monoisotopic (exact) mass is 325 g/mol. The van der Waals surface area contributed by atoms with E-state index in [9.17, 15) is 9.59 Å². The predicted octanol–water partition coefficient (Wildman–Crippen LogP) is 1.47. The maximum Gasteiger partial charge on any atom is 0.272 e. The van der Waals surface area contributed by atoms with Gasteiger partial charge in [0.1, 0.15) is 0 Å². The van der Waals surface area contributed by atoms with Crippen molar-refractivity contribution < 1.29 is 4.79 Å². The van der Waals surface area contributed by atoms with E-state index in [1.165, 1.54) is 0 Å². The van der Waals surface area contributed by atoms with E-state index in [-0.39, 0.29) is 17.2 Å². The van der Waals surface area contributed by atoms with Gasteiger partial charge in [-0.25, -0.2) is 5.10 Å². The van der Waals surface area contributed by atoms with Crippen LogP contribution in [-0.2, 0) is 6.54 Å². The first-order valence-electron chi connectivity index (χ1n) is 7.75. The van der Waals surface area contributed by atoms with Crippen molar-refractivity contribution in [1.82, 2.24) is 25.3 Å². The third kappa shape index (κ3) is 2.80. The van der Waals surface area contributed by atoms with Crippen molar-refractivity contribution in [3.8, 4) is 0 Å². The second kappa shape index (κ2) is 6.27. The minimum Gasteiger partial charge on any atom is -0.349 e. The second-order valence-electron chi connectivity index (χ2n) is 5.72. The van der Waals surface area contributed by atoms with Gasteiger partial charge in [0, 0.05) is 17.6 Å². The van der Waals surface area contributed by atoms with E-state index in [2.05, 4.69) is 20.6 Å². The van der Waals surface area contributed by atoms with Gasteiger partial charge in [0.15, 0.2) is 5.69 Å². The zero-order valence-electron chi connectivity index (χ0n) is 13.9. The molecule has 0 aliphatic carbocycles. The van der Waals surface area contributed by atoms with Crippen LogP contribution in [0.2, 0.25) is 0 Å². The summed E-state index contributed by atoms with van der Waals surface area (Å²) < 4.78 is 1.88. The Bertz CT molecular complexity index is 971. The van der Waals surface area contributed by atoms with Gasteiger partial charge in [-0.15, -0.1) is 0 Å². The molecule has 0 atom stereocenters. The third-order valence-electron chi connectivity index (χ3n) is 4.26. The lowest BCUT2D eigenvalue weighted by Crippen LogP contribution is -2.29. The highest BCUT2D eigenvalue weighted by Gasteiger charge is 2.14. The summed E-state index contributed by atoms with van der Waals surface area (Å²) in [5, 5.41) is 14.5. The van der Waals surface area contributed by atoms with Gasteiger partial charge in [-0.3, -0.25) is 14.3 Å². The van der Waals surface area contributed by atoms with Gasteiger partial charge in [0.2, 0.25) is 0 Å². The van der Waals surface area contributed by atoms with Gasteiger partial charge in [-0.2, -0.15) is 10.2 Å². The molecule has 0 aliphatic rings. The molecule has 0 spiro atoms. The smallest absolute Gasteiger partial charge is 0.272 e. The van der Waals surface area contributed by atoms with Crippen LogP contribution in [0.1, 0.15) is 27.4 Å². The summed E-state index contributed by atoms with van der Waals surface area (Å²) >= 11 is 0. The second-order valence-corrected chi connectivity index (χ2v) is 5.72. The largest absolute Gasteiger partial charge is 0.349 e. The molecule has 3 aromatic rings. The number of fused-ring (bicyclic) bond motifs is 1. The molecule has 1 amide bonds. The molecule has 2 N–H and O–H groups in total. The fourth-order valence-electron chi connectivity index (χ4n) is 2.65. The maximum absolute atomic E-state index is 12.4. The fraction of sp³-hybridized carbons (Fsp3) is 0.294. The first-order chi connectivity index (χ1) is 11.5. The molecule has 1 aromatic carbocycles. The van der Waals surface area contributed by atoms with Gasteiger partial charge in [0.05, 0.1) is 17.6 Å². The Morgan fingerprint density at radius 3 is 2.58 bits per heavy atom. The third-order valence-corrected chi connectivity index (χ3v) is 4.26. The number of rotatable bonds is 4. The number of nitrogens with zero attached hydrogens (tertiary/aromatic N) is 3. The summed E-state index contributed by atoms with van der Waals surface area (Å²) in [6.45, 7) is 7.01. The lowest BCUT2D eigenvalue weighted by molar-refractivity contribution is 0.0947. The van der Waals surface area contributed by atoms with Crippen LogP contribution >= 0.6 is 0 Å². The van der Waals surface area contributed by atoms with Crippen LogP contribution in [0.25, 0.3) is 10.8 Å². The zero-order chi connectivity index (χ0) is 17.3. The summed E-state index contributed by atoms with van der Waals surface area (Å²) in [6, 6.07) is 6.92. The lowest BCUT2D eigenvalue weighted by Gasteiger charge is -2.08. The van der Waals surface area contributed by atoms with Gasteiger partial charge >= 0.3 is 0 Å². The standard InChI is InChI=1S/C17H19N5O2/c1-10-11(2)21-22(12(10)3)9-8-18-17(24)15-13-6-4-5-7-14(13)16(23)20-19-15/h4-7H,8-9H2,1-3H3,(H,18,24)(H,20,23). The SMILES string of the molecule is Cc1nn(CCNC(=O)c2n[nH]c(=O)c3ccccc23)c(C)c1C. The number of nitrogens with one attached hydrogen (secondary N) is 2. The number of aromatic nitrogens is 4. The van der Waals surface area contributed by atoms with Crippen molar-refractivity contribution in [3.05, 3.63) is 57.3 Å². The van der Waals surface area contributed by atoms with Crippen LogP contribution in [0.4, 0.5) is 0 Å². The predicted molar refractivity (Wildman–Crippen MR) is 91.1 cm³/mol. The topological polar surface area (TPSA) is 92.7 Å². The molecular formula is C17H19N5O2. The van der Waals surface area contributed by atoms with Gasteiger partial charge in [0.25, 0.3) is 11.5 Å². The van der Waals surface area contributed by atoms with Crippen molar-refractivity contribution in [2.24, 2.45) is 0 Å². The van der Waals surface area contributed by atoms with E-state index in [0.717, 1.165) is 17.0 Å². The van der Waals surface area contributed by atoms with Crippen LogP contribution in [0.5, 0.6) is 0 Å². The number of amides is 1. The van der Waals surface area contributed by atoms with Crippen molar-refractivity contribution in [3.63, 3.8) is 0 Å². The quantitative estimate of drug-likeness (QED) is 0.760. The summed E-state index contributed by atoms with van der Waals surface area (Å²) in [5.41, 5.74) is 3.16.